The van der Waals surface area contributed by atoms with Gasteiger partial charge in [-0.25, -0.2) is 13.1 Å². The van der Waals surface area contributed by atoms with E-state index < -0.39 is 21.2 Å². The molecule has 0 saturated heterocycles. The molecule has 0 spiro atoms. The number of aliphatic hydroxyl groups is 1. The maximum absolute atomic E-state index is 12.4. The molecule has 0 aliphatic carbocycles. The molecule has 1 aromatic carbocycles. The molecule has 0 atom stereocenters. The highest BCUT2D eigenvalue weighted by molar-refractivity contribution is 9.11. The Labute approximate surface area is 130 Å². The molecule has 7 heteroatoms. The third-order valence-corrected chi connectivity index (χ3v) is 6.24. The average molecular weight is 415 g/mol. The van der Waals surface area contributed by atoms with Crippen LogP contribution >= 0.6 is 31.9 Å². The van der Waals surface area contributed by atoms with Crippen molar-refractivity contribution < 1.29 is 13.5 Å². The Morgan fingerprint density at radius 2 is 1.68 bits per heavy atom. The topological polar surface area (TPSA) is 66.4 Å². The van der Waals surface area contributed by atoms with E-state index in [0.717, 1.165) is 0 Å². The zero-order valence-corrected chi connectivity index (χ0v) is 15.1. The number of rotatable bonds is 4. The van der Waals surface area contributed by atoms with Crippen LogP contribution in [0.15, 0.2) is 32.0 Å². The summed E-state index contributed by atoms with van der Waals surface area (Å²) >= 11 is 6.47. The van der Waals surface area contributed by atoms with Crippen molar-refractivity contribution in [2.45, 2.75) is 43.7 Å². The molecule has 1 rings (SSSR count). The van der Waals surface area contributed by atoms with E-state index >= 15 is 0 Å². The molecule has 1 aromatic rings. The SMILES string of the molecule is CC(C)(O)C(C)(C)NS(=O)(=O)c1cc(Br)ccc1Br. The van der Waals surface area contributed by atoms with Crippen molar-refractivity contribution in [2.24, 2.45) is 0 Å². The molecule has 4 nitrogen and oxygen atoms in total. The normalized spacial score (nSPS) is 13.6. The van der Waals surface area contributed by atoms with Crippen LogP contribution in [-0.4, -0.2) is 24.7 Å². The van der Waals surface area contributed by atoms with Crippen LogP contribution in [0.2, 0.25) is 0 Å². The predicted octanol–water partition coefficient (Wildman–Crippen LogP) is 3.04. The minimum Gasteiger partial charge on any atom is -0.389 e. The number of sulfonamides is 1. The van der Waals surface area contributed by atoms with Crippen LogP contribution in [0, 0.1) is 0 Å². The Bertz CT molecular complexity index is 577. The molecule has 0 fully saturated rings. The molecule has 0 amide bonds. The van der Waals surface area contributed by atoms with Gasteiger partial charge in [0.1, 0.15) is 0 Å². The van der Waals surface area contributed by atoms with Gasteiger partial charge in [0.15, 0.2) is 0 Å². The van der Waals surface area contributed by atoms with Gasteiger partial charge in [0.25, 0.3) is 0 Å². The highest BCUT2D eigenvalue weighted by Gasteiger charge is 2.39. The summed E-state index contributed by atoms with van der Waals surface area (Å²) in [4.78, 5) is 0.124. The van der Waals surface area contributed by atoms with Gasteiger partial charge >= 0.3 is 0 Å². The van der Waals surface area contributed by atoms with Crippen molar-refractivity contribution in [1.29, 1.82) is 0 Å². The van der Waals surface area contributed by atoms with Crippen LogP contribution in [-0.2, 0) is 10.0 Å². The van der Waals surface area contributed by atoms with Crippen molar-refractivity contribution in [3.8, 4) is 0 Å². The maximum atomic E-state index is 12.4. The first-order valence-corrected chi connectivity index (χ1v) is 8.65. The van der Waals surface area contributed by atoms with Crippen molar-refractivity contribution in [1.82, 2.24) is 4.72 Å². The van der Waals surface area contributed by atoms with Gasteiger partial charge in [-0.1, -0.05) is 15.9 Å². The molecule has 0 aliphatic rings. The quantitative estimate of drug-likeness (QED) is 0.795. The highest BCUT2D eigenvalue weighted by Crippen LogP contribution is 2.29. The number of halogens is 2. The van der Waals surface area contributed by atoms with E-state index in [1.54, 1.807) is 39.8 Å². The fourth-order valence-electron chi connectivity index (χ4n) is 1.20. The first kappa shape index (κ1) is 17.1. The Balaban J connectivity index is 3.23. The zero-order chi connectivity index (χ0) is 15.1. The molecular formula is C12H17Br2NO3S. The fraction of sp³-hybridized carbons (Fsp3) is 0.500. The minimum absolute atomic E-state index is 0.124. The van der Waals surface area contributed by atoms with E-state index in [4.69, 9.17) is 0 Å². The molecular weight excluding hydrogens is 398 g/mol. The van der Waals surface area contributed by atoms with Gasteiger partial charge in [-0.15, -0.1) is 0 Å². The van der Waals surface area contributed by atoms with Crippen LogP contribution in [0.3, 0.4) is 0 Å². The van der Waals surface area contributed by atoms with E-state index in [-0.39, 0.29) is 4.90 Å². The van der Waals surface area contributed by atoms with Crippen molar-refractivity contribution in [3.05, 3.63) is 27.1 Å². The summed E-state index contributed by atoms with van der Waals surface area (Å²) in [5.74, 6) is 0. The summed E-state index contributed by atoms with van der Waals surface area (Å²) in [5, 5.41) is 10.0. The fourth-order valence-corrected chi connectivity index (χ4v) is 4.24. The van der Waals surface area contributed by atoms with E-state index in [2.05, 4.69) is 36.6 Å². The van der Waals surface area contributed by atoms with Crippen LogP contribution in [0.1, 0.15) is 27.7 Å². The zero-order valence-electron chi connectivity index (χ0n) is 11.2. The summed E-state index contributed by atoms with van der Waals surface area (Å²) in [6.45, 7) is 6.39. The molecule has 0 saturated carbocycles. The van der Waals surface area contributed by atoms with Crippen LogP contribution in [0.4, 0.5) is 0 Å². The van der Waals surface area contributed by atoms with E-state index in [9.17, 15) is 13.5 Å². The number of hydrogen-bond acceptors (Lipinski definition) is 3. The monoisotopic (exact) mass is 413 g/mol. The van der Waals surface area contributed by atoms with Crippen molar-refractivity contribution >= 4 is 41.9 Å². The molecule has 0 aromatic heterocycles. The summed E-state index contributed by atoms with van der Waals surface area (Å²) in [5.41, 5.74) is -2.20. The van der Waals surface area contributed by atoms with E-state index in [1.807, 2.05) is 0 Å². The Hall–Kier alpha value is 0.0500. The van der Waals surface area contributed by atoms with E-state index in [0.29, 0.717) is 8.95 Å². The van der Waals surface area contributed by atoms with E-state index in [1.165, 1.54) is 6.07 Å². The lowest BCUT2D eigenvalue weighted by molar-refractivity contribution is 0.00638. The van der Waals surface area contributed by atoms with Gasteiger partial charge in [0.2, 0.25) is 10.0 Å². The van der Waals surface area contributed by atoms with Crippen molar-refractivity contribution in [3.63, 3.8) is 0 Å². The van der Waals surface area contributed by atoms with Gasteiger partial charge in [-0.3, -0.25) is 0 Å². The van der Waals surface area contributed by atoms with Gasteiger partial charge in [0.05, 0.1) is 16.0 Å². The molecule has 0 heterocycles. The minimum atomic E-state index is -3.74. The molecule has 2 N–H and O–H groups in total. The molecule has 108 valence electrons. The number of nitrogens with one attached hydrogen (secondary N) is 1. The number of benzene rings is 1. The van der Waals surface area contributed by atoms with Gasteiger partial charge in [0, 0.05) is 8.95 Å². The lowest BCUT2D eigenvalue weighted by atomic mass is 9.87. The second-order valence-corrected chi connectivity index (χ2v) is 8.79. The van der Waals surface area contributed by atoms with Gasteiger partial charge in [-0.05, 0) is 61.8 Å². The van der Waals surface area contributed by atoms with Gasteiger partial charge in [-0.2, -0.15) is 0 Å². The Morgan fingerprint density at radius 3 is 2.16 bits per heavy atom. The molecule has 0 bridgehead atoms. The second kappa shape index (κ2) is 5.44. The number of hydrogen-bond donors (Lipinski definition) is 2. The smallest absolute Gasteiger partial charge is 0.242 e. The van der Waals surface area contributed by atoms with Gasteiger partial charge < -0.3 is 5.11 Å². The Kier molecular flexibility index (Phi) is 4.90. The lowest BCUT2D eigenvalue weighted by Crippen LogP contribution is -2.57. The molecule has 0 radical (unpaired) electrons. The van der Waals surface area contributed by atoms with Crippen LogP contribution in [0.5, 0.6) is 0 Å². The Morgan fingerprint density at radius 1 is 1.16 bits per heavy atom. The predicted molar refractivity (Wildman–Crippen MR) is 82.5 cm³/mol. The second-order valence-electron chi connectivity index (χ2n) is 5.36. The molecule has 0 unspecified atom stereocenters. The largest absolute Gasteiger partial charge is 0.389 e. The summed E-state index contributed by atoms with van der Waals surface area (Å²) in [6, 6.07) is 4.90. The highest BCUT2D eigenvalue weighted by atomic mass is 79.9. The maximum Gasteiger partial charge on any atom is 0.242 e. The first-order chi connectivity index (χ1) is 8.37. The molecule has 19 heavy (non-hydrogen) atoms. The summed E-state index contributed by atoms with van der Waals surface area (Å²) in [6.07, 6.45) is 0. The van der Waals surface area contributed by atoms with Crippen molar-refractivity contribution in [2.75, 3.05) is 0 Å². The first-order valence-electron chi connectivity index (χ1n) is 5.58. The summed E-state index contributed by atoms with van der Waals surface area (Å²) < 4.78 is 28.4. The third-order valence-electron chi connectivity index (χ3n) is 3.10. The molecule has 0 aliphatic heterocycles. The van der Waals surface area contributed by atoms with Crippen LogP contribution < -0.4 is 4.72 Å². The van der Waals surface area contributed by atoms with Crippen LogP contribution in [0.25, 0.3) is 0 Å². The average Bonchev–Trinajstić information content (AvgIpc) is 2.18. The standard InChI is InChI=1S/C12H17Br2NO3S/c1-11(2,12(3,4)16)15-19(17,18)10-7-8(13)5-6-9(10)14/h5-7,15-16H,1-4H3. The summed E-state index contributed by atoms with van der Waals surface area (Å²) in [7, 11) is -3.74. The third kappa shape index (κ3) is 4.01. The lowest BCUT2D eigenvalue weighted by Gasteiger charge is -2.37.